The van der Waals surface area contributed by atoms with E-state index < -0.39 is 0 Å². The van der Waals surface area contributed by atoms with Crippen LogP contribution in [0.3, 0.4) is 0 Å². The molecule has 17 heavy (non-hydrogen) atoms. The SMILES string of the molecule is CC1(NC(=O)c2cccc(N)c2Cl)CCCC1. The number of hydrogen-bond donors (Lipinski definition) is 2. The molecule has 4 heteroatoms. The van der Waals surface area contributed by atoms with Crippen molar-refractivity contribution in [2.75, 3.05) is 5.73 Å². The number of carbonyl (C=O) groups excluding carboxylic acids is 1. The van der Waals surface area contributed by atoms with Gasteiger partial charge in [-0.25, -0.2) is 0 Å². The minimum atomic E-state index is -0.133. The minimum absolute atomic E-state index is 0.0922. The van der Waals surface area contributed by atoms with Gasteiger partial charge in [0.1, 0.15) is 0 Å². The average Bonchev–Trinajstić information content (AvgIpc) is 2.68. The molecule has 3 nitrogen and oxygen atoms in total. The van der Waals surface area contributed by atoms with Crippen LogP contribution in [0.2, 0.25) is 5.02 Å². The Morgan fingerprint density at radius 2 is 2.06 bits per heavy atom. The molecule has 0 saturated heterocycles. The van der Waals surface area contributed by atoms with E-state index in [0.29, 0.717) is 16.3 Å². The number of anilines is 1. The second-order valence-corrected chi connectivity index (χ2v) is 5.31. The topological polar surface area (TPSA) is 55.1 Å². The first-order valence-corrected chi connectivity index (χ1v) is 6.26. The molecule has 0 heterocycles. The third-order valence-corrected chi connectivity index (χ3v) is 3.82. The number of benzene rings is 1. The molecule has 1 fully saturated rings. The van der Waals surface area contributed by atoms with Crippen molar-refractivity contribution in [2.45, 2.75) is 38.1 Å². The second-order valence-electron chi connectivity index (χ2n) is 4.93. The molecule has 3 N–H and O–H groups in total. The van der Waals surface area contributed by atoms with Crippen LogP contribution in [0.4, 0.5) is 5.69 Å². The Bertz CT molecular complexity index is 439. The largest absolute Gasteiger partial charge is 0.398 e. The molecule has 1 aromatic carbocycles. The fraction of sp³-hybridized carbons (Fsp3) is 0.462. The molecule has 1 aliphatic rings. The summed E-state index contributed by atoms with van der Waals surface area (Å²) in [7, 11) is 0. The standard InChI is InChI=1S/C13H17ClN2O/c1-13(7-2-3-8-13)16-12(17)9-5-4-6-10(15)11(9)14/h4-6H,2-3,7-8,15H2,1H3,(H,16,17). The van der Waals surface area contributed by atoms with Crippen LogP contribution in [0.15, 0.2) is 18.2 Å². The third kappa shape index (κ3) is 2.55. The van der Waals surface area contributed by atoms with E-state index in [0.717, 1.165) is 12.8 Å². The highest BCUT2D eigenvalue weighted by Crippen LogP contribution is 2.30. The molecule has 0 atom stereocenters. The van der Waals surface area contributed by atoms with E-state index in [9.17, 15) is 4.79 Å². The molecule has 0 aliphatic heterocycles. The highest BCUT2D eigenvalue weighted by Gasteiger charge is 2.30. The molecule has 1 amide bonds. The lowest BCUT2D eigenvalue weighted by Gasteiger charge is -2.25. The lowest BCUT2D eigenvalue weighted by molar-refractivity contribution is 0.0908. The van der Waals surface area contributed by atoms with Crippen LogP contribution < -0.4 is 11.1 Å². The van der Waals surface area contributed by atoms with Crippen LogP contribution >= 0.6 is 11.6 Å². The Hall–Kier alpha value is -1.22. The van der Waals surface area contributed by atoms with E-state index in [1.54, 1.807) is 18.2 Å². The Labute approximate surface area is 106 Å². The van der Waals surface area contributed by atoms with Crippen LogP contribution in [0, 0.1) is 0 Å². The number of carbonyl (C=O) groups is 1. The van der Waals surface area contributed by atoms with Crippen molar-refractivity contribution in [3.8, 4) is 0 Å². The number of nitrogens with one attached hydrogen (secondary N) is 1. The first-order valence-electron chi connectivity index (χ1n) is 5.88. The fourth-order valence-corrected chi connectivity index (χ4v) is 2.56. The Kier molecular flexibility index (Phi) is 3.29. The maximum Gasteiger partial charge on any atom is 0.253 e. The zero-order valence-electron chi connectivity index (χ0n) is 9.92. The monoisotopic (exact) mass is 252 g/mol. The summed E-state index contributed by atoms with van der Waals surface area (Å²) in [6.45, 7) is 2.08. The van der Waals surface area contributed by atoms with Crippen LogP contribution in [0.1, 0.15) is 43.0 Å². The summed E-state index contributed by atoms with van der Waals surface area (Å²) in [6, 6.07) is 5.13. The van der Waals surface area contributed by atoms with E-state index in [-0.39, 0.29) is 11.4 Å². The van der Waals surface area contributed by atoms with E-state index in [1.165, 1.54) is 12.8 Å². The van der Waals surface area contributed by atoms with Crippen molar-refractivity contribution in [1.29, 1.82) is 0 Å². The molecular weight excluding hydrogens is 236 g/mol. The van der Waals surface area contributed by atoms with Crippen molar-refractivity contribution < 1.29 is 4.79 Å². The average molecular weight is 253 g/mol. The first-order chi connectivity index (χ1) is 8.02. The zero-order chi connectivity index (χ0) is 12.5. The van der Waals surface area contributed by atoms with Crippen LogP contribution in [-0.4, -0.2) is 11.4 Å². The minimum Gasteiger partial charge on any atom is -0.398 e. The van der Waals surface area contributed by atoms with Crippen molar-refractivity contribution in [1.82, 2.24) is 5.32 Å². The quantitative estimate of drug-likeness (QED) is 0.795. The van der Waals surface area contributed by atoms with Gasteiger partial charge in [0, 0.05) is 5.54 Å². The molecule has 0 spiro atoms. The number of rotatable bonds is 2. The summed E-state index contributed by atoms with van der Waals surface area (Å²) in [5.74, 6) is -0.133. The maximum absolute atomic E-state index is 12.1. The number of nitrogen functional groups attached to an aromatic ring is 1. The lowest BCUT2D eigenvalue weighted by Crippen LogP contribution is -2.43. The first kappa shape index (κ1) is 12.2. The van der Waals surface area contributed by atoms with Gasteiger partial charge in [-0.05, 0) is 31.9 Å². The number of nitrogens with two attached hydrogens (primary N) is 1. The van der Waals surface area contributed by atoms with Crippen molar-refractivity contribution in [2.24, 2.45) is 0 Å². The third-order valence-electron chi connectivity index (χ3n) is 3.40. The molecular formula is C13H17ClN2O. The molecule has 2 rings (SSSR count). The van der Waals surface area contributed by atoms with Gasteiger partial charge in [-0.3, -0.25) is 4.79 Å². The predicted molar refractivity (Wildman–Crippen MR) is 70.2 cm³/mol. The molecule has 0 aromatic heterocycles. The zero-order valence-corrected chi connectivity index (χ0v) is 10.7. The van der Waals surface area contributed by atoms with E-state index in [4.69, 9.17) is 17.3 Å². The van der Waals surface area contributed by atoms with Gasteiger partial charge < -0.3 is 11.1 Å². The number of amides is 1. The molecule has 1 aromatic rings. The molecule has 0 bridgehead atoms. The van der Waals surface area contributed by atoms with Gasteiger partial charge in [0.2, 0.25) is 0 Å². The van der Waals surface area contributed by atoms with Crippen LogP contribution in [-0.2, 0) is 0 Å². The van der Waals surface area contributed by atoms with Gasteiger partial charge in [0.25, 0.3) is 5.91 Å². The molecule has 0 radical (unpaired) electrons. The van der Waals surface area contributed by atoms with Crippen molar-refractivity contribution in [3.63, 3.8) is 0 Å². The van der Waals surface area contributed by atoms with E-state index in [1.807, 2.05) is 0 Å². The lowest BCUT2D eigenvalue weighted by atomic mass is 10.00. The van der Waals surface area contributed by atoms with E-state index >= 15 is 0 Å². The maximum atomic E-state index is 12.1. The van der Waals surface area contributed by atoms with Crippen molar-refractivity contribution in [3.05, 3.63) is 28.8 Å². The molecule has 1 saturated carbocycles. The molecule has 0 unspecified atom stereocenters. The molecule has 1 aliphatic carbocycles. The Morgan fingerprint density at radius 1 is 1.41 bits per heavy atom. The van der Waals surface area contributed by atoms with Gasteiger partial charge in [-0.2, -0.15) is 0 Å². The number of hydrogen-bond acceptors (Lipinski definition) is 2. The highest BCUT2D eigenvalue weighted by atomic mass is 35.5. The summed E-state index contributed by atoms with van der Waals surface area (Å²) in [6.07, 6.45) is 4.39. The van der Waals surface area contributed by atoms with Crippen LogP contribution in [0.5, 0.6) is 0 Å². The Morgan fingerprint density at radius 3 is 2.71 bits per heavy atom. The van der Waals surface area contributed by atoms with Crippen molar-refractivity contribution >= 4 is 23.2 Å². The van der Waals surface area contributed by atoms with Gasteiger partial charge in [-0.15, -0.1) is 0 Å². The Balaban J connectivity index is 2.17. The predicted octanol–water partition coefficient (Wildman–Crippen LogP) is 2.98. The van der Waals surface area contributed by atoms with Gasteiger partial charge >= 0.3 is 0 Å². The second kappa shape index (κ2) is 4.57. The summed E-state index contributed by atoms with van der Waals surface area (Å²) >= 11 is 6.03. The highest BCUT2D eigenvalue weighted by molar-refractivity contribution is 6.36. The summed E-state index contributed by atoms with van der Waals surface area (Å²) in [4.78, 5) is 12.1. The summed E-state index contributed by atoms with van der Waals surface area (Å²) < 4.78 is 0. The van der Waals surface area contributed by atoms with Gasteiger partial charge in [0.15, 0.2) is 0 Å². The van der Waals surface area contributed by atoms with Crippen LogP contribution in [0.25, 0.3) is 0 Å². The summed E-state index contributed by atoms with van der Waals surface area (Å²) in [5.41, 5.74) is 6.49. The van der Waals surface area contributed by atoms with Gasteiger partial charge in [0.05, 0.1) is 16.3 Å². The summed E-state index contributed by atoms with van der Waals surface area (Å²) in [5, 5.41) is 3.40. The number of halogens is 1. The fourth-order valence-electron chi connectivity index (χ4n) is 2.35. The smallest absolute Gasteiger partial charge is 0.253 e. The normalized spacial score (nSPS) is 18.0. The van der Waals surface area contributed by atoms with E-state index in [2.05, 4.69) is 12.2 Å². The molecule has 92 valence electrons. The van der Waals surface area contributed by atoms with Gasteiger partial charge in [-0.1, -0.05) is 30.5 Å².